The van der Waals surface area contributed by atoms with E-state index in [0.717, 1.165) is 17.1 Å². The molecule has 0 aliphatic rings. The average Bonchev–Trinajstić information content (AvgIpc) is 3.14. The zero-order chi connectivity index (χ0) is 21.4. The van der Waals surface area contributed by atoms with Crippen LogP contribution >= 0.6 is 11.3 Å². The molecular formula is C22H32N4O2S. The molecule has 0 aliphatic carbocycles. The van der Waals surface area contributed by atoms with Crippen molar-refractivity contribution in [3.8, 4) is 0 Å². The molecule has 0 bridgehead atoms. The molecule has 0 atom stereocenters. The molecule has 0 fully saturated rings. The van der Waals surface area contributed by atoms with Crippen LogP contribution in [0.4, 0.5) is 10.5 Å². The third-order valence-corrected chi connectivity index (χ3v) is 5.10. The van der Waals surface area contributed by atoms with Gasteiger partial charge in [-0.1, -0.05) is 46.8 Å². The van der Waals surface area contributed by atoms with E-state index in [-0.39, 0.29) is 11.9 Å². The van der Waals surface area contributed by atoms with Crippen molar-refractivity contribution in [3.05, 3.63) is 45.9 Å². The number of carbonyl (C=O) groups excluding carboxylic acids is 2. The van der Waals surface area contributed by atoms with Crippen molar-refractivity contribution in [2.75, 3.05) is 18.4 Å². The SMILES string of the molecule is CCc1ccc(NC(=O)N(Cc2nc(C(=O)NCC(C)C)cs2)CC(C)C)cc1. The Hall–Kier alpha value is -2.41. The Kier molecular flexibility index (Phi) is 8.64. The molecule has 158 valence electrons. The van der Waals surface area contributed by atoms with Gasteiger partial charge in [-0.2, -0.15) is 0 Å². The van der Waals surface area contributed by atoms with E-state index in [2.05, 4.69) is 36.4 Å². The summed E-state index contributed by atoms with van der Waals surface area (Å²) in [4.78, 5) is 31.2. The maximum Gasteiger partial charge on any atom is 0.322 e. The molecule has 2 rings (SSSR count). The highest BCUT2D eigenvalue weighted by Crippen LogP contribution is 2.16. The van der Waals surface area contributed by atoms with Gasteiger partial charge in [-0.05, 0) is 36.0 Å². The topological polar surface area (TPSA) is 74.3 Å². The summed E-state index contributed by atoms with van der Waals surface area (Å²) in [5.41, 5.74) is 2.41. The fourth-order valence-corrected chi connectivity index (χ4v) is 3.51. The summed E-state index contributed by atoms with van der Waals surface area (Å²) < 4.78 is 0. The average molecular weight is 417 g/mol. The van der Waals surface area contributed by atoms with Crippen LogP contribution in [0.2, 0.25) is 0 Å². The van der Waals surface area contributed by atoms with Gasteiger partial charge in [0.15, 0.2) is 0 Å². The maximum absolute atomic E-state index is 12.8. The molecule has 29 heavy (non-hydrogen) atoms. The molecule has 6 nitrogen and oxygen atoms in total. The number of aromatic nitrogens is 1. The number of aryl methyl sites for hydroxylation is 1. The normalized spacial score (nSPS) is 11.0. The fourth-order valence-electron chi connectivity index (χ4n) is 2.72. The fraction of sp³-hybridized carbons (Fsp3) is 0.500. The van der Waals surface area contributed by atoms with Crippen LogP contribution in [0.3, 0.4) is 0 Å². The summed E-state index contributed by atoms with van der Waals surface area (Å²) in [6.45, 7) is 11.9. The first-order valence-corrected chi connectivity index (χ1v) is 11.0. The molecule has 0 radical (unpaired) electrons. The number of rotatable bonds is 9. The van der Waals surface area contributed by atoms with Gasteiger partial charge < -0.3 is 15.5 Å². The van der Waals surface area contributed by atoms with Crippen LogP contribution in [0.5, 0.6) is 0 Å². The van der Waals surface area contributed by atoms with E-state index >= 15 is 0 Å². The molecule has 1 aromatic carbocycles. The van der Waals surface area contributed by atoms with Crippen LogP contribution in [0.25, 0.3) is 0 Å². The minimum absolute atomic E-state index is 0.163. The monoisotopic (exact) mass is 416 g/mol. The van der Waals surface area contributed by atoms with Crippen LogP contribution in [0.1, 0.15) is 55.7 Å². The van der Waals surface area contributed by atoms with Crippen molar-refractivity contribution in [2.24, 2.45) is 11.8 Å². The van der Waals surface area contributed by atoms with E-state index in [9.17, 15) is 9.59 Å². The number of hydrogen-bond donors (Lipinski definition) is 2. The summed E-state index contributed by atoms with van der Waals surface area (Å²) in [5.74, 6) is 0.530. The summed E-state index contributed by atoms with van der Waals surface area (Å²) in [6.07, 6.45) is 0.963. The van der Waals surface area contributed by atoms with Crippen LogP contribution in [-0.2, 0) is 13.0 Å². The molecule has 0 aliphatic heterocycles. The Morgan fingerprint density at radius 2 is 1.79 bits per heavy atom. The zero-order valence-electron chi connectivity index (χ0n) is 18.0. The van der Waals surface area contributed by atoms with Crippen molar-refractivity contribution >= 4 is 29.0 Å². The van der Waals surface area contributed by atoms with Gasteiger partial charge in [0.2, 0.25) is 0 Å². The van der Waals surface area contributed by atoms with E-state index in [4.69, 9.17) is 0 Å². The lowest BCUT2D eigenvalue weighted by molar-refractivity contribution is 0.0944. The Labute approximate surface area is 177 Å². The van der Waals surface area contributed by atoms with Gasteiger partial charge in [0.1, 0.15) is 10.7 Å². The van der Waals surface area contributed by atoms with Gasteiger partial charge in [-0.25, -0.2) is 9.78 Å². The number of amides is 3. The number of nitrogens with zero attached hydrogens (tertiary/aromatic N) is 2. The summed E-state index contributed by atoms with van der Waals surface area (Å²) in [5, 5.41) is 8.34. The third kappa shape index (κ3) is 7.49. The van der Waals surface area contributed by atoms with Crippen molar-refractivity contribution in [2.45, 2.75) is 47.6 Å². The van der Waals surface area contributed by atoms with Crippen LogP contribution in [0, 0.1) is 11.8 Å². The van der Waals surface area contributed by atoms with Crippen molar-refractivity contribution < 1.29 is 9.59 Å². The molecule has 0 unspecified atom stereocenters. The Bertz CT molecular complexity index is 799. The van der Waals surface area contributed by atoms with Gasteiger partial charge in [0.05, 0.1) is 6.54 Å². The van der Waals surface area contributed by atoms with E-state index in [1.165, 1.54) is 16.9 Å². The summed E-state index contributed by atoms with van der Waals surface area (Å²) >= 11 is 1.40. The number of thiazole rings is 1. The van der Waals surface area contributed by atoms with E-state index in [1.54, 1.807) is 10.3 Å². The maximum atomic E-state index is 12.8. The largest absolute Gasteiger partial charge is 0.350 e. The second-order valence-electron chi connectivity index (χ2n) is 7.99. The lowest BCUT2D eigenvalue weighted by Crippen LogP contribution is -2.37. The molecule has 3 amide bonds. The number of anilines is 1. The van der Waals surface area contributed by atoms with Gasteiger partial charge >= 0.3 is 6.03 Å². The van der Waals surface area contributed by atoms with Crippen molar-refractivity contribution in [1.29, 1.82) is 0 Å². The van der Waals surface area contributed by atoms with Gasteiger partial charge in [0, 0.05) is 24.2 Å². The van der Waals surface area contributed by atoms with Gasteiger partial charge in [0.25, 0.3) is 5.91 Å². The van der Waals surface area contributed by atoms with Gasteiger partial charge in [-0.3, -0.25) is 4.79 Å². The molecule has 7 heteroatoms. The van der Waals surface area contributed by atoms with Crippen molar-refractivity contribution in [1.82, 2.24) is 15.2 Å². The number of benzene rings is 1. The van der Waals surface area contributed by atoms with E-state index in [0.29, 0.717) is 37.2 Å². The molecular weight excluding hydrogens is 384 g/mol. The lowest BCUT2D eigenvalue weighted by Gasteiger charge is -2.24. The predicted molar refractivity (Wildman–Crippen MR) is 119 cm³/mol. The summed E-state index contributed by atoms with van der Waals surface area (Å²) in [6, 6.07) is 7.72. The first-order valence-electron chi connectivity index (χ1n) is 10.2. The minimum atomic E-state index is -0.169. The van der Waals surface area contributed by atoms with Crippen LogP contribution in [-0.4, -0.2) is 34.9 Å². The zero-order valence-corrected chi connectivity index (χ0v) is 18.8. The highest BCUT2D eigenvalue weighted by Gasteiger charge is 2.19. The number of nitrogens with one attached hydrogen (secondary N) is 2. The van der Waals surface area contributed by atoms with E-state index < -0.39 is 0 Å². The smallest absolute Gasteiger partial charge is 0.322 e. The highest BCUT2D eigenvalue weighted by molar-refractivity contribution is 7.09. The molecule has 0 spiro atoms. The highest BCUT2D eigenvalue weighted by atomic mass is 32.1. The minimum Gasteiger partial charge on any atom is -0.350 e. The molecule has 1 heterocycles. The molecule has 1 aromatic heterocycles. The molecule has 0 saturated carbocycles. The Morgan fingerprint density at radius 1 is 1.10 bits per heavy atom. The Balaban J connectivity index is 2.04. The van der Waals surface area contributed by atoms with Crippen LogP contribution < -0.4 is 10.6 Å². The van der Waals surface area contributed by atoms with E-state index in [1.807, 2.05) is 38.1 Å². The number of urea groups is 1. The standard InChI is InChI=1S/C22H32N4O2S/c1-6-17-7-9-18(10-8-17)24-22(28)26(12-16(4)5)13-20-25-19(14-29-20)21(27)23-11-15(2)3/h7-10,14-16H,6,11-13H2,1-5H3,(H,23,27)(H,24,28). The second-order valence-corrected chi connectivity index (χ2v) is 8.93. The first kappa shape index (κ1) is 22.9. The van der Waals surface area contributed by atoms with Crippen LogP contribution in [0.15, 0.2) is 29.6 Å². The number of hydrogen-bond acceptors (Lipinski definition) is 4. The first-order chi connectivity index (χ1) is 13.8. The van der Waals surface area contributed by atoms with Gasteiger partial charge in [-0.15, -0.1) is 11.3 Å². The molecule has 0 saturated heterocycles. The number of carbonyl (C=O) groups is 2. The quantitative estimate of drug-likeness (QED) is 0.618. The molecule has 2 N–H and O–H groups in total. The molecule has 2 aromatic rings. The van der Waals surface area contributed by atoms with Crippen molar-refractivity contribution in [3.63, 3.8) is 0 Å². The Morgan fingerprint density at radius 3 is 2.38 bits per heavy atom. The third-order valence-electron chi connectivity index (χ3n) is 4.27. The second kappa shape index (κ2) is 11.0. The predicted octanol–water partition coefficient (Wildman–Crippen LogP) is 4.78. The summed E-state index contributed by atoms with van der Waals surface area (Å²) in [7, 11) is 0. The lowest BCUT2D eigenvalue weighted by atomic mass is 10.1.